The predicted molar refractivity (Wildman–Crippen MR) is 110 cm³/mol. The van der Waals surface area contributed by atoms with E-state index in [1.54, 1.807) is 13.1 Å². The van der Waals surface area contributed by atoms with Crippen molar-refractivity contribution in [3.05, 3.63) is 45.7 Å². The fourth-order valence-electron chi connectivity index (χ4n) is 2.77. The lowest BCUT2D eigenvalue weighted by atomic mass is 10.1. The predicted octanol–water partition coefficient (Wildman–Crippen LogP) is 2.79. The quantitative estimate of drug-likeness (QED) is 0.369. The summed E-state index contributed by atoms with van der Waals surface area (Å²) in [5, 5.41) is 11.0. The van der Waals surface area contributed by atoms with Crippen LogP contribution in [0.4, 0.5) is 4.39 Å². The van der Waals surface area contributed by atoms with Crippen molar-refractivity contribution in [1.82, 2.24) is 25.4 Å². The Balaban J connectivity index is 0.00000225. The molecule has 25 heavy (non-hydrogen) atoms. The van der Waals surface area contributed by atoms with Crippen LogP contribution >= 0.6 is 39.9 Å². The number of hydrogen-bond donors (Lipinski definition) is 2. The SMILES string of the molecule is CN=C(NCc1ccc(Br)c(F)c1)NC1CCc2nc(C)nn2C1.I. The molecule has 0 aliphatic carbocycles. The number of nitrogens with zero attached hydrogens (tertiary/aromatic N) is 4. The summed E-state index contributed by atoms with van der Waals surface area (Å²) in [7, 11) is 1.73. The molecule has 0 radical (unpaired) electrons. The molecule has 136 valence electrons. The van der Waals surface area contributed by atoms with Gasteiger partial charge in [-0.1, -0.05) is 6.07 Å². The van der Waals surface area contributed by atoms with Gasteiger partial charge in [-0.15, -0.1) is 24.0 Å². The molecule has 1 aliphatic heterocycles. The maximum atomic E-state index is 13.6. The molecule has 1 aromatic carbocycles. The third kappa shape index (κ3) is 5.13. The molecule has 6 nitrogen and oxygen atoms in total. The van der Waals surface area contributed by atoms with E-state index < -0.39 is 0 Å². The van der Waals surface area contributed by atoms with Crippen molar-refractivity contribution in [2.24, 2.45) is 4.99 Å². The van der Waals surface area contributed by atoms with Gasteiger partial charge in [0.15, 0.2) is 5.96 Å². The van der Waals surface area contributed by atoms with Gasteiger partial charge in [0.2, 0.25) is 0 Å². The van der Waals surface area contributed by atoms with Crippen molar-refractivity contribution in [1.29, 1.82) is 0 Å². The zero-order valence-corrected chi connectivity index (χ0v) is 18.0. The lowest BCUT2D eigenvalue weighted by Crippen LogP contribution is -2.46. The molecule has 0 amide bonds. The van der Waals surface area contributed by atoms with Crippen molar-refractivity contribution in [3.8, 4) is 0 Å². The molecule has 3 rings (SSSR count). The third-order valence-electron chi connectivity index (χ3n) is 3.97. The highest BCUT2D eigenvalue weighted by molar-refractivity contribution is 14.0. The number of hydrogen-bond acceptors (Lipinski definition) is 3. The Morgan fingerprint density at radius 2 is 2.28 bits per heavy atom. The maximum absolute atomic E-state index is 13.6. The molecule has 0 spiro atoms. The number of guanidine groups is 1. The third-order valence-corrected chi connectivity index (χ3v) is 4.62. The minimum atomic E-state index is -0.265. The Morgan fingerprint density at radius 3 is 3.00 bits per heavy atom. The average Bonchev–Trinajstić information content (AvgIpc) is 2.93. The summed E-state index contributed by atoms with van der Waals surface area (Å²) in [5.74, 6) is 2.28. The Hall–Kier alpha value is -1.23. The Morgan fingerprint density at radius 1 is 1.48 bits per heavy atom. The van der Waals surface area contributed by atoms with Crippen molar-refractivity contribution >= 4 is 45.9 Å². The van der Waals surface area contributed by atoms with Crippen molar-refractivity contribution in [2.45, 2.75) is 38.9 Å². The van der Waals surface area contributed by atoms with E-state index in [1.807, 2.05) is 17.7 Å². The van der Waals surface area contributed by atoms with Crippen molar-refractivity contribution in [2.75, 3.05) is 7.05 Å². The van der Waals surface area contributed by atoms with Gasteiger partial charge < -0.3 is 10.6 Å². The summed E-state index contributed by atoms with van der Waals surface area (Å²) in [4.78, 5) is 8.66. The van der Waals surface area contributed by atoms with E-state index in [0.717, 1.165) is 36.6 Å². The highest BCUT2D eigenvalue weighted by Gasteiger charge is 2.21. The minimum Gasteiger partial charge on any atom is -0.352 e. The number of benzene rings is 1. The van der Waals surface area contributed by atoms with Gasteiger partial charge in [-0.3, -0.25) is 4.99 Å². The molecular weight excluding hydrogens is 502 g/mol. The first-order chi connectivity index (χ1) is 11.5. The molecule has 9 heteroatoms. The Labute approximate surface area is 171 Å². The second-order valence-electron chi connectivity index (χ2n) is 5.81. The maximum Gasteiger partial charge on any atom is 0.191 e. The fourth-order valence-corrected chi connectivity index (χ4v) is 3.02. The number of aryl methyl sites for hydroxylation is 2. The van der Waals surface area contributed by atoms with Crippen LogP contribution in [0.2, 0.25) is 0 Å². The molecule has 2 heterocycles. The van der Waals surface area contributed by atoms with Gasteiger partial charge in [0.25, 0.3) is 0 Å². The number of aromatic nitrogens is 3. The summed E-state index contributed by atoms with van der Waals surface area (Å²) in [5.41, 5.74) is 0.858. The summed E-state index contributed by atoms with van der Waals surface area (Å²) >= 11 is 3.16. The smallest absolute Gasteiger partial charge is 0.191 e. The zero-order chi connectivity index (χ0) is 17.1. The van der Waals surface area contributed by atoms with E-state index in [-0.39, 0.29) is 35.8 Å². The topological polar surface area (TPSA) is 67.1 Å². The average molecular weight is 523 g/mol. The largest absolute Gasteiger partial charge is 0.352 e. The van der Waals surface area contributed by atoms with Gasteiger partial charge in [0.05, 0.1) is 11.0 Å². The van der Waals surface area contributed by atoms with Crippen LogP contribution in [0, 0.1) is 12.7 Å². The Bertz CT molecular complexity index is 763. The standard InChI is InChI=1S/C16H20BrFN6.HI/c1-10-21-15-6-4-12(9-24(15)23-10)22-16(19-2)20-8-11-3-5-13(17)14(18)7-11;/h3,5,7,12H,4,6,8-9H2,1-2H3,(H2,19,20,22);1H. The zero-order valence-electron chi connectivity index (χ0n) is 14.1. The monoisotopic (exact) mass is 522 g/mol. The van der Waals surface area contributed by atoms with E-state index in [4.69, 9.17) is 0 Å². The number of fused-ring (bicyclic) bond motifs is 1. The molecular formula is C16H21BrFIN6. The fraction of sp³-hybridized carbons (Fsp3) is 0.438. The Kier molecular flexibility index (Phi) is 7.17. The molecule has 0 saturated heterocycles. The van der Waals surface area contributed by atoms with Crippen LogP contribution in [-0.4, -0.2) is 33.8 Å². The highest BCUT2D eigenvalue weighted by atomic mass is 127. The molecule has 0 fully saturated rings. The number of nitrogens with one attached hydrogen (secondary N) is 2. The van der Waals surface area contributed by atoms with Gasteiger partial charge in [0.1, 0.15) is 17.5 Å². The molecule has 1 unspecified atom stereocenters. The summed E-state index contributed by atoms with van der Waals surface area (Å²) < 4.78 is 16.0. The summed E-state index contributed by atoms with van der Waals surface area (Å²) in [6.07, 6.45) is 1.87. The molecule has 2 N–H and O–H groups in total. The van der Waals surface area contributed by atoms with E-state index in [2.05, 4.69) is 41.6 Å². The summed E-state index contributed by atoms with van der Waals surface area (Å²) in [6, 6.07) is 5.33. The second-order valence-corrected chi connectivity index (χ2v) is 6.67. The molecule has 2 aromatic rings. The number of halogens is 3. The van der Waals surface area contributed by atoms with Crippen LogP contribution in [0.3, 0.4) is 0 Å². The van der Waals surface area contributed by atoms with Crippen LogP contribution in [0.25, 0.3) is 0 Å². The number of rotatable bonds is 3. The van der Waals surface area contributed by atoms with Crippen LogP contribution in [0.1, 0.15) is 23.6 Å². The van der Waals surface area contributed by atoms with E-state index in [0.29, 0.717) is 17.0 Å². The molecule has 0 saturated carbocycles. The van der Waals surface area contributed by atoms with Crippen LogP contribution in [0.15, 0.2) is 27.7 Å². The van der Waals surface area contributed by atoms with Gasteiger partial charge in [0, 0.05) is 26.1 Å². The lowest BCUT2D eigenvalue weighted by molar-refractivity contribution is 0.392. The second kappa shape index (κ2) is 8.93. The van der Waals surface area contributed by atoms with E-state index >= 15 is 0 Å². The molecule has 1 aromatic heterocycles. The molecule has 0 bridgehead atoms. The van der Waals surface area contributed by atoms with Crippen LogP contribution < -0.4 is 10.6 Å². The van der Waals surface area contributed by atoms with Gasteiger partial charge in [-0.2, -0.15) is 5.10 Å². The highest BCUT2D eigenvalue weighted by Crippen LogP contribution is 2.16. The minimum absolute atomic E-state index is 0. The van der Waals surface area contributed by atoms with Gasteiger partial charge in [-0.25, -0.2) is 14.1 Å². The first-order valence-corrected chi connectivity index (χ1v) is 8.66. The van der Waals surface area contributed by atoms with Crippen LogP contribution in [0.5, 0.6) is 0 Å². The molecule has 1 atom stereocenters. The van der Waals surface area contributed by atoms with Gasteiger partial charge >= 0.3 is 0 Å². The van der Waals surface area contributed by atoms with E-state index in [1.165, 1.54) is 6.07 Å². The van der Waals surface area contributed by atoms with Crippen molar-refractivity contribution in [3.63, 3.8) is 0 Å². The van der Waals surface area contributed by atoms with E-state index in [9.17, 15) is 4.39 Å². The first kappa shape index (κ1) is 20.1. The van der Waals surface area contributed by atoms with Crippen molar-refractivity contribution < 1.29 is 4.39 Å². The number of aliphatic imine (C=N–C) groups is 1. The normalized spacial score (nSPS) is 16.8. The van der Waals surface area contributed by atoms with Gasteiger partial charge in [-0.05, 0) is 47.0 Å². The lowest BCUT2D eigenvalue weighted by Gasteiger charge is -2.25. The molecule has 1 aliphatic rings. The van der Waals surface area contributed by atoms with Crippen LogP contribution in [-0.2, 0) is 19.5 Å². The first-order valence-electron chi connectivity index (χ1n) is 7.86. The summed E-state index contributed by atoms with van der Waals surface area (Å²) in [6.45, 7) is 3.18.